The molecule has 30 heavy (non-hydrogen) atoms. The first-order valence-corrected chi connectivity index (χ1v) is 11.7. The molecule has 0 rings (SSSR count). The molecule has 0 saturated heterocycles. The number of hydrogen-bond acceptors (Lipinski definition) is 10. The van der Waals surface area contributed by atoms with Crippen LogP contribution < -0.4 is 28.0 Å². The molecule has 0 spiro atoms. The second kappa shape index (κ2) is 18.6. The molecule has 0 fully saturated rings. The number of nitrogens with one attached hydrogen (secondary N) is 1. The number of ether oxygens (including phenoxy) is 2. The van der Waals surface area contributed by atoms with E-state index in [1.165, 1.54) is 35.8 Å². The van der Waals surface area contributed by atoms with Gasteiger partial charge in [-0.2, -0.15) is 0 Å². The average molecular weight is 530 g/mol. The van der Waals surface area contributed by atoms with Gasteiger partial charge in [0.1, 0.15) is 11.8 Å². The van der Waals surface area contributed by atoms with Crippen molar-refractivity contribution in [3.05, 3.63) is 0 Å². The summed E-state index contributed by atoms with van der Waals surface area (Å²) in [5.74, 6) is -1.18. The van der Waals surface area contributed by atoms with Gasteiger partial charge in [-0.3, -0.25) is 24.0 Å². The summed E-state index contributed by atoms with van der Waals surface area (Å²) < 4.78 is 9.03. The third-order valence-corrected chi connectivity index (χ3v) is 6.12. The van der Waals surface area contributed by atoms with Crippen molar-refractivity contribution in [1.82, 2.24) is 5.32 Å². The highest BCUT2D eigenvalue weighted by atomic mass is 79.9. The van der Waals surface area contributed by atoms with Crippen LogP contribution in [0.15, 0.2) is 0 Å². The van der Waals surface area contributed by atoms with Crippen LogP contribution in [0.1, 0.15) is 45.4 Å². The summed E-state index contributed by atoms with van der Waals surface area (Å²) in [5.41, 5.74) is 5.60. The van der Waals surface area contributed by atoms with Crippen molar-refractivity contribution in [1.29, 1.82) is 0 Å². The Balaban J connectivity index is 0. The summed E-state index contributed by atoms with van der Waals surface area (Å²) in [6, 6.07) is -1.74. The second-order valence-corrected chi connectivity index (χ2v) is 8.67. The van der Waals surface area contributed by atoms with Crippen LogP contribution in [0.2, 0.25) is 0 Å². The van der Waals surface area contributed by atoms with Crippen molar-refractivity contribution < 1.29 is 50.4 Å². The molecule has 0 aromatic rings. The number of esters is 2. The van der Waals surface area contributed by atoms with Gasteiger partial charge in [0.2, 0.25) is 5.91 Å². The third-order valence-electron chi connectivity index (χ3n) is 3.78. The molecular weight excluding hydrogens is 500 g/mol. The van der Waals surface area contributed by atoms with E-state index in [0.29, 0.717) is 12.2 Å². The molecule has 1 amide bonds. The van der Waals surface area contributed by atoms with E-state index in [1.807, 2.05) is 6.92 Å². The quantitative estimate of drug-likeness (QED) is 0.131. The van der Waals surface area contributed by atoms with Crippen LogP contribution in [-0.2, 0) is 33.4 Å². The molecule has 0 bridgehead atoms. The molecule has 0 saturated carbocycles. The maximum atomic E-state index is 12.4. The first kappa shape index (κ1) is 31.1. The summed E-state index contributed by atoms with van der Waals surface area (Å²) >= 11 is 0. The highest BCUT2D eigenvalue weighted by Crippen LogP contribution is 2.23. The fourth-order valence-electron chi connectivity index (χ4n) is 2.11. The number of ketones is 2. The van der Waals surface area contributed by atoms with E-state index in [9.17, 15) is 24.0 Å². The normalized spacial score (nSPS) is 12.1. The van der Waals surface area contributed by atoms with Crippen LogP contribution in [-0.4, -0.2) is 67.2 Å². The number of rotatable bonds is 16. The van der Waals surface area contributed by atoms with Gasteiger partial charge in [-0.05, 0) is 12.8 Å². The number of methoxy groups -OCH3 is 2. The topological polar surface area (TPSA) is 142 Å². The summed E-state index contributed by atoms with van der Waals surface area (Å²) in [6.45, 7) is 1.92. The zero-order chi connectivity index (χ0) is 22.2. The molecule has 0 aliphatic heterocycles. The fraction of sp³-hybridized carbons (Fsp3) is 0.722. The lowest BCUT2D eigenvalue weighted by molar-refractivity contribution is -0.142. The lowest BCUT2D eigenvalue weighted by Gasteiger charge is -2.17. The van der Waals surface area contributed by atoms with Crippen molar-refractivity contribution in [3.63, 3.8) is 0 Å². The average Bonchev–Trinajstić information content (AvgIpc) is 2.71. The Bertz CT molecular complexity index is 579. The van der Waals surface area contributed by atoms with Gasteiger partial charge in [-0.1, -0.05) is 28.5 Å². The van der Waals surface area contributed by atoms with Crippen LogP contribution in [0.4, 0.5) is 0 Å². The van der Waals surface area contributed by atoms with Crippen molar-refractivity contribution >= 4 is 51.0 Å². The molecule has 2 unspecified atom stereocenters. The molecule has 3 N–H and O–H groups in total. The number of nitrogens with two attached hydrogens (primary N) is 1. The first-order chi connectivity index (χ1) is 13.7. The maximum absolute atomic E-state index is 12.4. The molecule has 0 aliphatic rings. The van der Waals surface area contributed by atoms with Crippen molar-refractivity contribution in [2.75, 3.05) is 25.7 Å². The van der Waals surface area contributed by atoms with E-state index in [1.54, 1.807) is 0 Å². The van der Waals surface area contributed by atoms with Crippen molar-refractivity contribution in [2.45, 2.75) is 57.5 Å². The zero-order valence-electron chi connectivity index (χ0n) is 17.4. The Kier molecular flexibility index (Phi) is 19.3. The molecule has 174 valence electrons. The Morgan fingerprint density at radius 2 is 1.63 bits per heavy atom. The van der Waals surface area contributed by atoms with E-state index < -0.39 is 29.9 Å². The van der Waals surface area contributed by atoms with Gasteiger partial charge in [-0.25, -0.2) is 0 Å². The minimum absolute atomic E-state index is 0. The van der Waals surface area contributed by atoms with Crippen LogP contribution in [0, 0.1) is 0 Å². The number of carbonyl (C=O) groups is 5. The molecule has 12 heteroatoms. The smallest absolute Gasteiger partial charge is 0.322 e. The van der Waals surface area contributed by atoms with Gasteiger partial charge < -0.3 is 37.5 Å². The first-order valence-electron chi connectivity index (χ1n) is 9.23. The van der Waals surface area contributed by atoms with Gasteiger partial charge in [-0.15, -0.1) is 0 Å². The number of hydrogen-bond donors (Lipinski definition) is 2. The molecule has 0 radical (unpaired) electrons. The fourth-order valence-corrected chi connectivity index (χ4v) is 4.32. The van der Waals surface area contributed by atoms with Crippen molar-refractivity contribution in [3.8, 4) is 0 Å². The lowest BCUT2D eigenvalue weighted by atomic mass is 10.1. The number of Topliss-reactive ketones (excluding diaryl/α,β-unsaturated/α-hetero) is 2. The van der Waals surface area contributed by atoms with E-state index in [4.69, 9.17) is 5.73 Å². The van der Waals surface area contributed by atoms with Gasteiger partial charge in [0.05, 0.1) is 32.4 Å². The van der Waals surface area contributed by atoms with Crippen LogP contribution in [0.3, 0.4) is 0 Å². The van der Waals surface area contributed by atoms with Gasteiger partial charge in [0.15, 0.2) is 5.78 Å². The molecule has 0 aromatic heterocycles. The Hall–Kier alpha value is -1.11. The van der Waals surface area contributed by atoms with E-state index in [0.717, 1.165) is 6.42 Å². The maximum Gasteiger partial charge on any atom is 0.322 e. The Morgan fingerprint density at radius 1 is 0.967 bits per heavy atom. The standard InChI is InChI=1S/C18H30N2O7S2.BrH/c1-4-5-12(21)10-28-29-11-14(15(22)7-9-17(24)26-2)20-16(23)8-6-13(19)18(25)27-3;/h13-14H,4-11,19H2,1-3H3,(H,20,23);1H/p-1. The van der Waals surface area contributed by atoms with Gasteiger partial charge in [0, 0.05) is 25.0 Å². The predicted octanol–water partition coefficient (Wildman–Crippen LogP) is -1.97. The number of halogens is 1. The predicted molar refractivity (Wildman–Crippen MR) is 112 cm³/mol. The molecule has 2 atom stereocenters. The zero-order valence-corrected chi connectivity index (χ0v) is 20.7. The minimum atomic E-state index is -0.922. The molecule has 0 aromatic carbocycles. The van der Waals surface area contributed by atoms with E-state index in [2.05, 4.69) is 14.8 Å². The Morgan fingerprint density at radius 3 is 2.20 bits per heavy atom. The SMILES string of the molecule is CCCC(=O)CSSCC(NC(=O)CCC(N)C(=O)OC)C(=O)CCC(=O)OC.[Br-]. The summed E-state index contributed by atoms with van der Waals surface area (Å²) in [5, 5.41) is 2.62. The minimum Gasteiger partial charge on any atom is -1.00 e. The van der Waals surface area contributed by atoms with Gasteiger partial charge >= 0.3 is 11.9 Å². The molecule has 0 aliphatic carbocycles. The monoisotopic (exact) mass is 529 g/mol. The summed E-state index contributed by atoms with van der Waals surface area (Å²) in [7, 11) is 5.06. The summed E-state index contributed by atoms with van der Waals surface area (Å²) in [6.07, 6.45) is 1.16. The van der Waals surface area contributed by atoms with Crippen LogP contribution in [0.5, 0.6) is 0 Å². The molecular formula is C18H30BrN2O7S2-. The largest absolute Gasteiger partial charge is 1.00 e. The summed E-state index contributed by atoms with van der Waals surface area (Å²) in [4.78, 5) is 58.7. The molecule has 9 nitrogen and oxygen atoms in total. The second-order valence-electron chi connectivity index (χ2n) is 6.17. The Labute approximate surface area is 195 Å². The number of amides is 1. The highest BCUT2D eigenvalue weighted by molar-refractivity contribution is 8.76. The van der Waals surface area contributed by atoms with Gasteiger partial charge in [0.25, 0.3) is 0 Å². The van der Waals surface area contributed by atoms with Crippen molar-refractivity contribution in [2.24, 2.45) is 5.73 Å². The highest BCUT2D eigenvalue weighted by Gasteiger charge is 2.23. The van der Waals surface area contributed by atoms with E-state index >= 15 is 0 Å². The third kappa shape index (κ3) is 14.8. The number of carbonyl (C=O) groups excluding carboxylic acids is 5. The van der Waals surface area contributed by atoms with Crippen LogP contribution in [0.25, 0.3) is 0 Å². The van der Waals surface area contributed by atoms with E-state index in [-0.39, 0.29) is 60.0 Å². The molecule has 0 heterocycles. The lowest BCUT2D eigenvalue weighted by Crippen LogP contribution is -3.00. The van der Waals surface area contributed by atoms with Crippen LogP contribution >= 0.6 is 21.6 Å².